The van der Waals surface area contributed by atoms with E-state index in [4.69, 9.17) is 0 Å². The second-order valence-electron chi connectivity index (χ2n) is 5.21. The number of anilines is 1. The standard InChI is InChI=1S/C18H21NOS/c1-13-8-9-16(12-15(13)3)21-11-10-18(20)19-17-7-5-4-6-14(17)2/h4-9,12H,10-11H2,1-3H3,(H,19,20). The molecule has 1 N–H and O–H groups in total. The van der Waals surface area contributed by atoms with Crippen LogP contribution in [0.25, 0.3) is 0 Å². The molecule has 0 spiro atoms. The van der Waals surface area contributed by atoms with Crippen LogP contribution in [0.15, 0.2) is 47.4 Å². The van der Waals surface area contributed by atoms with Crippen LogP contribution in [0.3, 0.4) is 0 Å². The molecule has 0 heterocycles. The Morgan fingerprint density at radius 1 is 1.00 bits per heavy atom. The van der Waals surface area contributed by atoms with Crippen LogP contribution in [0.5, 0.6) is 0 Å². The maximum atomic E-state index is 12.0. The van der Waals surface area contributed by atoms with Gasteiger partial charge in [0.05, 0.1) is 0 Å². The number of carbonyl (C=O) groups excluding carboxylic acids is 1. The number of para-hydroxylation sites is 1. The predicted octanol–water partition coefficient (Wildman–Crippen LogP) is 4.73. The molecule has 0 saturated heterocycles. The fourth-order valence-electron chi connectivity index (χ4n) is 1.99. The van der Waals surface area contributed by atoms with E-state index < -0.39 is 0 Å². The number of hydrogen-bond donors (Lipinski definition) is 1. The van der Waals surface area contributed by atoms with Gasteiger partial charge in [0.25, 0.3) is 0 Å². The van der Waals surface area contributed by atoms with E-state index in [-0.39, 0.29) is 5.91 Å². The molecular weight excluding hydrogens is 278 g/mol. The molecule has 21 heavy (non-hydrogen) atoms. The van der Waals surface area contributed by atoms with Crippen LogP contribution in [-0.4, -0.2) is 11.7 Å². The van der Waals surface area contributed by atoms with Crippen LogP contribution in [0.1, 0.15) is 23.1 Å². The largest absolute Gasteiger partial charge is 0.326 e. The van der Waals surface area contributed by atoms with Gasteiger partial charge in [-0.15, -0.1) is 11.8 Å². The van der Waals surface area contributed by atoms with E-state index in [1.54, 1.807) is 11.8 Å². The lowest BCUT2D eigenvalue weighted by Crippen LogP contribution is -2.12. The summed E-state index contributed by atoms with van der Waals surface area (Å²) in [7, 11) is 0. The van der Waals surface area contributed by atoms with E-state index in [1.807, 2.05) is 31.2 Å². The van der Waals surface area contributed by atoms with Crippen molar-refractivity contribution in [2.75, 3.05) is 11.1 Å². The fourth-order valence-corrected chi connectivity index (χ4v) is 2.94. The quantitative estimate of drug-likeness (QED) is 0.808. The average Bonchev–Trinajstić information content (AvgIpc) is 2.45. The second kappa shape index (κ2) is 7.32. The maximum Gasteiger partial charge on any atom is 0.225 e. The molecule has 0 aliphatic carbocycles. The van der Waals surface area contributed by atoms with Gasteiger partial charge < -0.3 is 5.32 Å². The summed E-state index contributed by atoms with van der Waals surface area (Å²) in [6, 6.07) is 14.3. The highest BCUT2D eigenvalue weighted by atomic mass is 32.2. The number of benzene rings is 2. The van der Waals surface area contributed by atoms with Crippen molar-refractivity contribution in [1.82, 2.24) is 0 Å². The first kappa shape index (κ1) is 15.6. The first-order chi connectivity index (χ1) is 10.1. The molecule has 0 atom stereocenters. The molecule has 1 amide bonds. The molecular formula is C18H21NOS. The van der Waals surface area contributed by atoms with E-state index in [0.29, 0.717) is 6.42 Å². The molecule has 0 bridgehead atoms. The van der Waals surface area contributed by atoms with E-state index in [2.05, 4.69) is 37.4 Å². The number of thioether (sulfide) groups is 1. The summed E-state index contributed by atoms with van der Waals surface area (Å²) in [6.45, 7) is 6.23. The van der Waals surface area contributed by atoms with E-state index in [0.717, 1.165) is 17.0 Å². The summed E-state index contributed by atoms with van der Waals surface area (Å²) >= 11 is 1.73. The third kappa shape index (κ3) is 4.64. The molecule has 2 aromatic carbocycles. The lowest BCUT2D eigenvalue weighted by molar-refractivity contribution is -0.115. The Hall–Kier alpha value is -1.74. The minimum absolute atomic E-state index is 0.0700. The Labute approximate surface area is 131 Å². The smallest absolute Gasteiger partial charge is 0.225 e. The van der Waals surface area contributed by atoms with Gasteiger partial charge >= 0.3 is 0 Å². The Bertz CT molecular complexity index is 637. The number of aryl methyl sites for hydroxylation is 3. The minimum Gasteiger partial charge on any atom is -0.326 e. The van der Waals surface area contributed by atoms with Crippen molar-refractivity contribution >= 4 is 23.4 Å². The summed E-state index contributed by atoms with van der Waals surface area (Å²) in [5, 5.41) is 2.96. The molecule has 0 aliphatic rings. The number of hydrogen-bond acceptors (Lipinski definition) is 2. The SMILES string of the molecule is Cc1ccc(SCCC(=O)Nc2ccccc2C)cc1C. The second-order valence-corrected chi connectivity index (χ2v) is 6.38. The molecule has 3 heteroatoms. The number of carbonyl (C=O) groups is 1. The van der Waals surface area contributed by atoms with Crippen LogP contribution in [0, 0.1) is 20.8 Å². The number of rotatable bonds is 5. The zero-order valence-corrected chi connectivity index (χ0v) is 13.6. The molecule has 0 aromatic heterocycles. The normalized spacial score (nSPS) is 10.4. The minimum atomic E-state index is 0.0700. The van der Waals surface area contributed by atoms with Crippen molar-refractivity contribution < 1.29 is 4.79 Å². The highest BCUT2D eigenvalue weighted by molar-refractivity contribution is 7.99. The first-order valence-electron chi connectivity index (χ1n) is 7.12. The van der Waals surface area contributed by atoms with E-state index in [1.165, 1.54) is 16.0 Å². The molecule has 2 rings (SSSR count). The zero-order chi connectivity index (χ0) is 15.2. The van der Waals surface area contributed by atoms with Crippen LogP contribution >= 0.6 is 11.8 Å². The lowest BCUT2D eigenvalue weighted by Gasteiger charge is -2.08. The molecule has 110 valence electrons. The van der Waals surface area contributed by atoms with Crippen LogP contribution in [-0.2, 0) is 4.79 Å². The van der Waals surface area contributed by atoms with Gasteiger partial charge in [-0.3, -0.25) is 4.79 Å². The van der Waals surface area contributed by atoms with Crippen LogP contribution < -0.4 is 5.32 Å². The summed E-state index contributed by atoms with van der Waals surface area (Å²) in [6.07, 6.45) is 0.520. The summed E-state index contributed by atoms with van der Waals surface area (Å²) in [4.78, 5) is 13.2. The van der Waals surface area contributed by atoms with Gasteiger partial charge in [-0.05, 0) is 55.7 Å². The highest BCUT2D eigenvalue weighted by Gasteiger charge is 2.05. The predicted molar refractivity (Wildman–Crippen MR) is 91.1 cm³/mol. The molecule has 0 unspecified atom stereocenters. The Morgan fingerprint density at radius 2 is 1.76 bits per heavy atom. The van der Waals surface area contributed by atoms with Crippen LogP contribution in [0.4, 0.5) is 5.69 Å². The van der Waals surface area contributed by atoms with Crippen molar-refractivity contribution in [3.63, 3.8) is 0 Å². The average molecular weight is 299 g/mol. The van der Waals surface area contributed by atoms with Crippen molar-refractivity contribution in [2.45, 2.75) is 32.1 Å². The van der Waals surface area contributed by atoms with Gasteiger partial charge in [0.2, 0.25) is 5.91 Å². The number of amides is 1. The maximum absolute atomic E-state index is 12.0. The van der Waals surface area contributed by atoms with Crippen molar-refractivity contribution in [2.24, 2.45) is 0 Å². The Kier molecular flexibility index (Phi) is 5.45. The van der Waals surface area contributed by atoms with Gasteiger partial charge in [-0.1, -0.05) is 24.3 Å². The van der Waals surface area contributed by atoms with Crippen molar-refractivity contribution in [3.05, 3.63) is 59.2 Å². The third-order valence-corrected chi connectivity index (χ3v) is 4.49. The Morgan fingerprint density at radius 3 is 2.48 bits per heavy atom. The van der Waals surface area contributed by atoms with Crippen LogP contribution in [0.2, 0.25) is 0 Å². The van der Waals surface area contributed by atoms with Gasteiger partial charge in [0.15, 0.2) is 0 Å². The van der Waals surface area contributed by atoms with Crippen molar-refractivity contribution in [1.29, 1.82) is 0 Å². The molecule has 0 radical (unpaired) electrons. The summed E-state index contributed by atoms with van der Waals surface area (Å²) in [5.74, 6) is 0.862. The fraction of sp³-hybridized carbons (Fsp3) is 0.278. The topological polar surface area (TPSA) is 29.1 Å². The van der Waals surface area contributed by atoms with Gasteiger partial charge in [-0.25, -0.2) is 0 Å². The monoisotopic (exact) mass is 299 g/mol. The first-order valence-corrected chi connectivity index (χ1v) is 8.10. The van der Waals surface area contributed by atoms with Crippen molar-refractivity contribution in [3.8, 4) is 0 Å². The molecule has 0 fully saturated rings. The molecule has 2 aromatic rings. The zero-order valence-electron chi connectivity index (χ0n) is 12.8. The van der Waals surface area contributed by atoms with Gasteiger partial charge in [-0.2, -0.15) is 0 Å². The third-order valence-electron chi connectivity index (χ3n) is 3.50. The number of nitrogens with one attached hydrogen (secondary N) is 1. The lowest BCUT2D eigenvalue weighted by atomic mass is 10.1. The summed E-state index contributed by atoms with van der Waals surface area (Å²) in [5.41, 5.74) is 4.59. The Balaban J connectivity index is 1.82. The van der Waals surface area contributed by atoms with Gasteiger partial charge in [0, 0.05) is 22.8 Å². The molecule has 0 saturated carbocycles. The highest BCUT2D eigenvalue weighted by Crippen LogP contribution is 2.22. The summed E-state index contributed by atoms with van der Waals surface area (Å²) < 4.78 is 0. The van der Waals surface area contributed by atoms with E-state index in [9.17, 15) is 4.79 Å². The van der Waals surface area contributed by atoms with E-state index >= 15 is 0 Å². The molecule has 0 aliphatic heterocycles. The van der Waals surface area contributed by atoms with Gasteiger partial charge in [0.1, 0.15) is 0 Å². The molecule has 2 nitrogen and oxygen atoms in total.